The van der Waals surface area contributed by atoms with Crippen LogP contribution in [0.3, 0.4) is 0 Å². The molecule has 1 aromatic rings. The minimum absolute atomic E-state index is 0.0396. The molecule has 226 valence electrons. The Labute approximate surface area is 243 Å². The van der Waals surface area contributed by atoms with Crippen LogP contribution < -0.4 is 5.32 Å². The van der Waals surface area contributed by atoms with Crippen LogP contribution in [0.15, 0.2) is 30.3 Å². The van der Waals surface area contributed by atoms with Crippen LogP contribution in [-0.4, -0.2) is 75.2 Å². The SMILES string of the molecule is CC(C)CN1C(=O)N(C(C)C)C(=O)C12CC1CCC(C2)N1CC[C@H](NC(=O)C1CCC(F)(F)CC1)c1ccccc1. The predicted molar refractivity (Wildman–Crippen MR) is 153 cm³/mol. The van der Waals surface area contributed by atoms with Crippen molar-refractivity contribution in [3.05, 3.63) is 35.9 Å². The molecule has 3 aliphatic heterocycles. The number of carbonyl (C=O) groups is 3. The van der Waals surface area contributed by atoms with Gasteiger partial charge in [0.05, 0.1) is 6.04 Å². The predicted octanol–water partition coefficient (Wildman–Crippen LogP) is 5.75. The normalized spacial score (nSPS) is 29.3. The van der Waals surface area contributed by atoms with Crippen LogP contribution in [0.4, 0.5) is 13.6 Å². The highest BCUT2D eigenvalue weighted by Crippen LogP contribution is 2.48. The Kier molecular flexibility index (Phi) is 8.48. The second-order valence-electron chi connectivity index (χ2n) is 13.5. The number of hydrogen-bond donors (Lipinski definition) is 1. The fourth-order valence-electron chi connectivity index (χ4n) is 7.77. The first-order valence-corrected chi connectivity index (χ1v) is 15.6. The maximum Gasteiger partial charge on any atom is 0.327 e. The molecule has 1 N–H and O–H groups in total. The average molecular weight is 573 g/mol. The van der Waals surface area contributed by atoms with Gasteiger partial charge in [0.2, 0.25) is 11.8 Å². The number of fused-ring (bicyclic) bond motifs is 2. The first kappa shape index (κ1) is 29.9. The molecule has 1 spiro atoms. The van der Waals surface area contributed by atoms with Gasteiger partial charge in [-0.05, 0) is 70.3 Å². The van der Waals surface area contributed by atoms with Gasteiger partial charge in [-0.1, -0.05) is 44.2 Å². The van der Waals surface area contributed by atoms with Crippen LogP contribution in [0.2, 0.25) is 0 Å². The van der Waals surface area contributed by atoms with E-state index in [4.69, 9.17) is 0 Å². The Bertz CT molecular complexity index is 1100. The van der Waals surface area contributed by atoms with Gasteiger partial charge in [0.1, 0.15) is 5.54 Å². The van der Waals surface area contributed by atoms with Crippen molar-refractivity contribution in [1.29, 1.82) is 0 Å². The summed E-state index contributed by atoms with van der Waals surface area (Å²) in [5, 5.41) is 3.20. The Morgan fingerprint density at radius 2 is 1.59 bits per heavy atom. The van der Waals surface area contributed by atoms with E-state index in [1.165, 1.54) is 4.90 Å². The molecule has 2 unspecified atom stereocenters. The number of nitrogens with one attached hydrogen (secondary N) is 1. The molecule has 4 aliphatic rings. The number of imide groups is 1. The molecule has 3 heterocycles. The Morgan fingerprint density at radius 1 is 0.976 bits per heavy atom. The molecule has 1 aliphatic carbocycles. The second kappa shape index (κ2) is 11.6. The van der Waals surface area contributed by atoms with E-state index in [1.54, 1.807) is 0 Å². The molecule has 1 aromatic carbocycles. The fourth-order valence-corrected chi connectivity index (χ4v) is 7.77. The number of rotatable bonds is 9. The number of alkyl halides is 2. The van der Waals surface area contributed by atoms with Gasteiger partial charge < -0.3 is 10.2 Å². The van der Waals surface area contributed by atoms with E-state index in [0.29, 0.717) is 25.8 Å². The summed E-state index contributed by atoms with van der Waals surface area (Å²) in [5.41, 5.74) is 0.236. The summed E-state index contributed by atoms with van der Waals surface area (Å²) in [6.45, 7) is 9.32. The monoisotopic (exact) mass is 572 g/mol. The topological polar surface area (TPSA) is 73.0 Å². The van der Waals surface area contributed by atoms with E-state index in [2.05, 4.69) is 24.1 Å². The van der Waals surface area contributed by atoms with Gasteiger partial charge in [0.25, 0.3) is 5.91 Å². The lowest BCUT2D eigenvalue weighted by molar-refractivity contribution is -0.138. The van der Waals surface area contributed by atoms with E-state index >= 15 is 0 Å². The summed E-state index contributed by atoms with van der Waals surface area (Å²) in [7, 11) is 0. The maximum atomic E-state index is 13.9. The minimum atomic E-state index is -2.66. The van der Waals surface area contributed by atoms with Crippen molar-refractivity contribution in [1.82, 2.24) is 20.0 Å². The van der Waals surface area contributed by atoms with Crippen molar-refractivity contribution in [2.45, 2.75) is 121 Å². The van der Waals surface area contributed by atoms with Crippen LogP contribution >= 0.6 is 0 Å². The summed E-state index contributed by atoms with van der Waals surface area (Å²) in [6, 6.07) is 9.71. The van der Waals surface area contributed by atoms with E-state index in [9.17, 15) is 23.2 Å². The zero-order valence-electron chi connectivity index (χ0n) is 25.0. The summed E-state index contributed by atoms with van der Waals surface area (Å²) >= 11 is 0. The number of carbonyl (C=O) groups excluding carboxylic acids is 3. The third-order valence-electron chi connectivity index (χ3n) is 9.83. The molecule has 3 atom stereocenters. The lowest BCUT2D eigenvalue weighted by atomic mass is 9.80. The van der Waals surface area contributed by atoms with Gasteiger partial charge in [-0.3, -0.25) is 19.4 Å². The van der Waals surface area contributed by atoms with Gasteiger partial charge >= 0.3 is 6.03 Å². The lowest BCUT2D eigenvalue weighted by Gasteiger charge is -2.47. The number of piperidine rings is 1. The van der Waals surface area contributed by atoms with Crippen molar-refractivity contribution in [3.8, 4) is 0 Å². The number of halogens is 2. The third kappa shape index (κ3) is 5.88. The molecule has 0 aromatic heterocycles. The largest absolute Gasteiger partial charge is 0.349 e. The van der Waals surface area contributed by atoms with Crippen molar-refractivity contribution in [3.63, 3.8) is 0 Å². The Hall–Kier alpha value is -2.55. The summed E-state index contributed by atoms with van der Waals surface area (Å²) in [4.78, 5) is 46.4. The molecule has 9 heteroatoms. The molecule has 7 nitrogen and oxygen atoms in total. The maximum absolute atomic E-state index is 13.9. The standard InChI is InChI=1S/C32H46F2N4O3/c1-21(2)20-37-30(41)38(22(3)4)29(40)31(37)18-25-10-11-26(19-31)36(25)17-14-27(23-8-6-5-7-9-23)35-28(39)24-12-15-32(33,34)16-13-24/h5-9,21-22,24-27H,10-20H2,1-4H3,(H,35,39)/t25?,26?,27-,31?/m0/s1. The Balaban J connectivity index is 1.29. The first-order chi connectivity index (χ1) is 19.4. The van der Waals surface area contributed by atoms with E-state index in [1.807, 2.05) is 49.1 Å². The molecule has 5 rings (SSSR count). The summed E-state index contributed by atoms with van der Waals surface area (Å²) < 4.78 is 27.4. The molecule has 41 heavy (non-hydrogen) atoms. The number of benzene rings is 1. The van der Waals surface area contributed by atoms with E-state index in [-0.39, 0.29) is 79.5 Å². The highest BCUT2D eigenvalue weighted by Gasteiger charge is 2.63. The Morgan fingerprint density at radius 3 is 2.15 bits per heavy atom. The summed E-state index contributed by atoms with van der Waals surface area (Å²) in [6.07, 6.45) is 3.92. The van der Waals surface area contributed by atoms with Crippen LogP contribution in [-0.2, 0) is 9.59 Å². The molecule has 1 saturated carbocycles. The van der Waals surface area contributed by atoms with E-state index in [0.717, 1.165) is 24.9 Å². The van der Waals surface area contributed by atoms with Crippen molar-refractivity contribution < 1.29 is 23.2 Å². The number of hydrogen-bond acceptors (Lipinski definition) is 4. The van der Waals surface area contributed by atoms with Crippen LogP contribution in [0, 0.1) is 11.8 Å². The van der Waals surface area contributed by atoms with Gasteiger partial charge in [0.15, 0.2) is 0 Å². The van der Waals surface area contributed by atoms with Crippen molar-refractivity contribution in [2.75, 3.05) is 13.1 Å². The smallest absolute Gasteiger partial charge is 0.327 e. The van der Waals surface area contributed by atoms with Crippen LogP contribution in [0.1, 0.15) is 97.1 Å². The minimum Gasteiger partial charge on any atom is -0.349 e. The van der Waals surface area contributed by atoms with Crippen molar-refractivity contribution in [2.24, 2.45) is 11.8 Å². The molecular weight excluding hydrogens is 526 g/mol. The fraction of sp³-hybridized carbons (Fsp3) is 0.719. The number of nitrogens with zero attached hydrogens (tertiary/aromatic N) is 3. The zero-order chi connectivity index (χ0) is 29.5. The van der Waals surface area contributed by atoms with Crippen LogP contribution in [0.5, 0.6) is 0 Å². The van der Waals surface area contributed by atoms with Crippen LogP contribution in [0.25, 0.3) is 0 Å². The molecule has 0 radical (unpaired) electrons. The molecular formula is C32H46F2N4O3. The molecule has 4 amide bonds. The number of urea groups is 1. The zero-order valence-corrected chi connectivity index (χ0v) is 25.0. The van der Waals surface area contributed by atoms with Crippen molar-refractivity contribution >= 4 is 17.8 Å². The third-order valence-corrected chi connectivity index (χ3v) is 9.83. The molecule has 3 saturated heterocycles. The summed E-state index contributed by atoms with van der Waals surface area (Å²) in [5.74, 6) is -2.96. The second-order valence-corrected chi connectivity index (χ2v) is 13.5. The highest BCUT2D eigenvalue weighted by molar-refractivity contribution is 6.07. The van der Waals surface area contributed by atoms with Gasteiger partial charge in [-0.25, -0.2) is 13.6 Å². The average Bonchev–Trinajstić information content (AvgIpc) is 3.27. The number of amides is 4. The first-order valence-electron chi connectivity index (χ1n) is 15.6. The highest BCUT2D eigenvalue weighted by atomic mass is 19.3. The van der Waals surface area contributed by atoms with Gasteiger partial charge in [-0.15, -0.1) is 0 Å². The molecule has 4 fully saturated rings. The quantitative estimate of drug-likeness (QED) is 0.383. The van der Waals surface area contributed by atoms with Gasteiger partial charge in [0, 0.05) is 50.0 Å². The van der Waals surface area contributed by atoms with Gasteiger partial charge in [-0.2, -0.15) is 0 Å². The molecule has 2 bridgehead atoms. The lowest BCUT2D eigenvalue weighted by Crippen LogP contribution is -2.61. The van der Waals surface area contributed by atoms with E-state index < -0.39 is 11.5 Å².